The molecule has 1 heterocycles. The van der Waals surface area contributed by atoms with Crippen LogP contribution in [-0.4, -0.2) is 10.7 Å². The van der Waals surface area contributed by atoms with E-state index in [4.69, 9.17) is 0 Å². The Kier molecular flexibility index (Phi) is 3.98. The third-order valence-electron chi connectivity index (χ3n) is 1.79. The van der Waals surface area contributed by atoms with E-state index < -0.39 is 0 Å². The van der Waals surface area contributed by atoms with Crippen molar-refractivity contribution in [3.8, 4) is 0 Å². The second kappa shape index (κ2) is 5.25. The summed E-state index contributed by atoms with van der Waals surface area (Å²) in [5.41, 5.74) is 3.52. The molecule has 0 saturated carbocycles. The fourth-order valence-electron chi connectivity index (χ4n) is 1.23. The van der Waals surface area contributed by atoms with E-state index in [1.807, 2.05) is 51.1 Å². The molecule has 0 radical (unpaired) electrons. The molecule has 2 heteroatoms. The minimum atomic E-state index is 0.784. The number of aliphatic imine (C=N–C) groups is 1. The minimum absolute atomic E-state index is 0.784. The Labute approximate surface area is 91.1 Å². The van der Waals surface area contributed by atoms with E-state index in [0.717, 1.165) is 22.8 Å². The summed E-state index contributed by atoms with van der Waals surface area (Å²) in [6.45, 7) is 9.58. The van der Waals surface area contributed by atoms with Gasteiger partial charge in [0, 0.05) is 11.4 Å². The molecule has 78 valence electrons. The topological polar surface area (TPSA) is 25.2 Å². The Bertz CT molecular complexity index is 414. The molecule has 2 nitrogen and oxygen atoms in total. The Hall–Kier alpha value is -1.70. The first-order valence-corrected chi connectivity index (χ1v) is 4.94. The van der Waals surface area contributed by atoms with E-state index in [1.165, 1.54) is 0 Å². The van der Waals surface area contributed by atoms with Crippen LogP contribution in [0.4, 0.5) is 0 Å². The van der Waals surface area contributed by atoms with Crippen LogP contribution < -0.4 is 0 Å². The zero-order valence-electron chi connectivity index (χ0n) is 9.49. The second-order valence-corrected chi connectivity index (χ2v) is 3.40. The lowest BCUT2D eigenvalue weighted by atomic mass is 10.2. The summed E-state index contributed by atoms with van der Waals surface area (Å²) in [5, 5.41) is 0. The Balaban J connectivity index is 3.15. The molecule has 0 amide bonds. The van der Waals surface area contributed by atoms with Gasteiger partial charge in [0.2, 0.25) is 0 Å². The number of hydrogen-bond acceptors (Lipinski definition) is 2. The van der Waals surface area contributed by atoms with Crippen molar-refractivity contribution < 1.29 is 0 Å². The van der Waals surface area contributed by atoms with E-state index in [2.05, 4.69) is 16.6 Å². The quantitative estimate of drug-likeness (QED) is 0.687. The number of hydrogen-bond donors (Lipinski definition) is 0. The molecule has 0 unspecified atom stereocenters. The van der Waals surface area contributed by atoms with Crippen LogP contribution in [0.5, 0.6) is 0 Å². The van der Waals surface area contributed by atoms with E-state index in [9.17, 15) is 0 Å². The first kappa shape index (κ1) is 11.4. The van der Waals surface area contributed by atoms with Gasteiger partial charge in [-0.15, -0.1) is 0 Å². The van der Waals surface area contributed by atoms with Crippen molar-refractivity contribution in [1.29, 1.82) is 0 Å². The van der Waals surface area contributed by atoms with Gasteiger partial charge in [-0.25, -0.2) is 0 Å². The van der Waals surface area contributed by atoms with Gasteiger partial charge in [0.15, 0.2) is 0 Å². The van der Waals surface area contributed by atoms with Gasteiger partial charge in [0.05, 0.1) is 11.4 Å². The maximum atomic E-state index is 4.42. The molecule has 0 fully saturated rings. The second-order valence-electron chi connectivity index (χ2n) is 3.40. The van der Waals surface area contributed by atoms with Crippen molar-refractivity contribution in [2.45, 2.75) is 20.8 Å². The molecular formula is C13H16N2. The largest absolute Gasteiger partial charge is 0.252 e. The normalized spacial score (nSPS) is 12.1. The van der Waals surface area contributed by atoms with Gasteiger partial charge in [0.1, 0.15) is 0 Å². The average molecular weight is 200 g/mol. The van der Waals surface area contributed by atoms with Crippen molar-refractivity contribution in [3.63, 3.8) is 0 Å². The summed E-state index contributed by atoms with van der Waals surface area (Å²) >= 11 is 0. The predicted octanol–water partition coefficient (Wildman–Crippen LogP) is 3.29. The van der Waals surface area contributed by atoms with E-state index in [1.54, 1.807) is 0 Å². The van der Waals surface area contributed by atoms with Crippen LogP contribution in [0, 0.1) is 6.92 Å². The maximum absolute atomic E-state index is 4.42. The molecule has 0 spiro atoms. The maximum Gasteiger partial charge on any atom is 0.0889 e. The smallest absolute Gasteiger partial charge is 0.0889 e. The number of rotatable bonds is 3. The van der Waals surface area contributed by atoms with Crippen LogP contribution in [-0.2, 0) is 0 Å². The lowest BCUT2D eigenvalue weighted by molar-refractivity contribution is 1.17. The Morgan fingerprint density at radius 2 is 2.20 bits per heavy atom. The molecule has 0 aromatic carbocycles. The molecule has 1 aromatic heterocycles. The summed E-state index contributed by atoms with van der Waals surface area (Å²) in [7, 11) is 0. The van der Waals surface area contributed by atoms with Gasteiger partial charge >= 0.3 is 0 Å². The van der Waals surface area contributed by atoms with Crippen molar-refractivity contribution in [1.82, 2.24) is 4.98 Å². The number of aromatic nitrogens is 1. The molecule has 0 bridgehead atoms. The molecule has 0 aliphatic heterocycles. The van der Waals surface area contributed by atoms with Gasteiger partial charge < -0.3 is 0 Å². The molecule has 0 aliphatic carbocycles. The monoisotopic (exact) mass is 200 g/mol. The van der Waals surface area contributed by atoms with Gasteiger partial charge in [-0.1, -0.05) is 18.7 Å². The fraction of sp³-hybridized carbons (Fsp3) is 0.231. The number of nitrogens with zero attached hydrogens (tertiary/aromatic N) is 2. The van der Waals surface area contributed by atoms with Crippen LogP contribution in [0.15, 0.2) is 47.6 Å². The zero-order valence-corrected chi connectivity index (χ0v) is 9.49. The van der Waals surface area contributed by atoms with E-state index in [-0.39, 0.29) is 0 Å². The lowest BCUT2D eigenvalue weighted by Gasteiger charge is -2.02. The van der Waals surface area contributed by atoms with Gasteiger partial charge in [-0.3, -0.25) is 9.98 Å². The SMILES string of the molecule is C=C(C)/N=C(\C=C/C)c1cccc(C)n1. The summed E-state index contributed by atoms with van der Waals surface area (Å²) < 4.78 is 0. The third kappa shape index (κ3) is 3.50. The predicted molar refractivity (Wildman–Crippen MR) is 65.1 cm³/mol. The molecule has 0 atom stereocenters. The van der Waals surface area contributed by atoms with Crippen molar-refractivity contribution >= 4 is 5.71 Å². The average Bonchev–Trinajstić information content (AvgIpc) is 2.16. The van der Waals surface area contributed by atoms with E-state index in [0.29, 0.717) is 0 Å². The fourth-order valence-corrected chi connectivity index (χ4v) is 1.23. The van der Waals surface area contributed by atoms with Crippen LogP contribution in [0.3, 0.4) is 0 Å². The van der Waals surface area contributed by atoms with Crippen LogP contribution >= 0.6 is 0 Å². The van der Waals surface area contributed by atoms with Crippen LogP contribution in [0.25, 0.3) is 0 Å². The zero-order chi connectivity index (χ0) is 11.3. The summed E-state index contributed by atoms with van der Waals surface area (Å²) in [6, 6.07) is 5.90. The molecule has 1 rings (SSSR count). The van der Waals surface area contributed by atoms with E-state index >= 15 is 0 Å². The van der Waals surface area contributed by atoms with Gasteiger partial charge in [0.25, 0.3) is 0 Å². The summed E-state index contributed by atoms with van der Waals surface area (Å²) in [4.78, 5) is 8.77. The van der Waals surface area contributed by atoms with Crippen LogP contribution in [0.2, 0.25) is 0 Å². The Morgan fingerprint density at radius 3 is 2.73 bits per heavy atom. The minimum Gasteiger partial charge on any atom is -0.252 e. The number of pyridine rings is 1. The number of allylic oxidation sites excluding steroid dienone is 3. The van der Waals surface area contributed by atoms with Crippen molar-refractivity contribution in [2.75, 3.05) is 0 Å². The standard InChI is InChI=1S/C13H16N2/c1-5-7-12(14-10(2)3)13-9-6-8-11(4)15-13/h5-9H,2H2,1,3-4H3/b7-5-,14-12+. The highest BCUT2D eigenvalue weighted by Gasteiger charge is 2.00. The molecule has 1 aromatic rings. The highest BCUT2D eigenvalue weighted by Crippen LogP contribution is 2.04. The van der Waals surface area contributed by atoms with Crippen molar-refractivity contribution in [2.24, 2.45) is 4.99 Å². The molecular weight excluding hydrogens is 184 g/mol. The number of aryl methyl sites for hydroxylation is 1. The summed E-state index contributed by atoms with van der Waals surface area (Å²) in [6.07, 6.45) is 3.89. The first-order chi connectivity index (χ1) is 7.13. The highest BCUT2D eigenvalue weighted by molar-refractivity contribution is 6.07. The van der Waals surface area contributed by atoms with Crippen molar-refractivity contribution in [3.05, 3.63) is 54.0 Å². The molecule has 0 saturated heterocycles. The Morgan fingerprint density at radius 1 is 1.47 bits per heavy atom. The van der Waals surface area contributed by atoms with Gasteiger partial charge in [-0.05, 0) is 39.0 Å². The lowest BCUT2D eigenvalue weighted by Crippen LogP contribution is -2.01. The summed E-state index contributed by atoms with van der Waals surface area (Å²) in [5.74, 6) is 0. The highest BCUT2D eigenvalue weighted by atomic mass is 14.8. The van der Waals surface area contributed by atoms with Gasteiger partial charge in [-0.2, -0.15) is 0 Å². The molecule has 0 aliphatic rings. The molecule has 0 N–H and O–H groups in total. The molecule has 15 heavy (non-hydrogen) atoms. The first-order valence-electron chi connectivity index (χ1n) is 4.94. The third-order valence-corrected chi connectivity index (χ3v) is 1.79. The van der Waals surface area contributed by atoms with Crippen LogP contribution in [0.1, 0.15) is 25.2 Å².